The SMILES string of the molecule is O=C(O)C1CCC(Nc2nc3cc(F)ccc3o2)CC1. The largest absolute Gasteiger partial charge is 0.481 e. The second kappa shape index (κ2) is 5.11. The van der Waals surface area contributed by atoms with Crippen molar-refractivity contribution >= 4 is 23.1 Å². The van der Waals surface area contributed by atoms with Crippen molar-refractivity contribution in [2.24, 2.45) is 5.92 Å². The number of hydrogen-bond donors (Lipinski definition) is 2. The lowest BCUT2D eigenvalue weighted by Gasteiger charge is -2.26. The first-order chi connectivity index (χ1) is 9.61. The van der Waals surface area contributed by atoms with Crippen LogP contribution in [0.5, 0.6) is 0 Å². The molecule has 0 aliphatic heterocycles. The van der Waals surface area contributed by atoms with E-state index in [2.05, 4.69) is 10.3 Å². The Morgan fingerprint density at radius 2 is 2.10 bits per heavy atom. The van der Waals surface area contributed by atoms with Crippen molar-refractivity contribution < 1.29 is 18.7 Å². The molecule has 0 atom stereocenters. The van der Waals surface area contributed by atoms with Crippen LogP contribution >= 0.6 is 0 Å². The van der Waals surface area contributed by atoms with Crippen LogP contribution in [-0.4, -0.2) is 22.1 Å². The minimum absolute atomic E-state index is 0.156. The number of aromatic nitrogens is 1. The van der Waals surface area contributed by atoms with Gasteiger partial charge in [-0.25, -0.2) is 4.39 Å². The molecule has 1 saturated carbocycles. The Morgan fingerprint density at radius 1 is 1.35 bits per heavy atom. The highest BCUT2D eigenvalue weighted by Crippen LogP contribution is 2.27. The molecular weight excluding hydrogens is 263 g/mol. The number of oxazole rings is 1. The van der Waals surface area contributed by atoms with Crippen molar-refractivity contribution in [1.29, 1.82) is 0 Å². The van der Waals surface area contributed by atoms with Gasteiger partial charge in [0.1, 0.15) is 11.3 Å². The molecule has 2 aromatic rings. The molecule has 1 fully saturated rings. The van der Waals surface area contributed by atoms with Crippen molar-refractivity contribution in [1.82, 2.24) is 4.98 Å². The standard InChI is InChI=1S/C14H15FN2O3/c15-9-3-6-12-11(7-9)17-14(20-12)16-10-4-1-8(2-5-10)13(18)19/h3,6-8,10H,1-2,4-5H2,(H,16,17)(H,18,19). The number of nitrogens with one attached hydrogen (secondary N) is 1. The van der Waals surface area contributed by atoms with Gasteiger partial charge in [-0.3, -0.25) is 4.79 Å². The van der Waals surface area contributed by atoms with Gasteiger partial charge >= 0.3 is 5.97 Å². The van der Waals surface area contributed by atoms with Crippen molar-refractivity contribution in [2.45, 2.75) is 31.7 Å². The van der Waals surface area contributed by atoms with Gasteiger partial charge in [-0.2, -0.15) is 4.98 Å². The highest BCUT2D eigenvalue weighted by atomic mass is 19.1. The Hall–Kier alpha value is -2.11. The van der Waals surface area contributed by atoms with E-state index in [9.17, 15) is 9.18 Å². The van der Waals surface area contributed by atoms with Crippen molar-refractivity contribution in [3.63, 3.8) is 0 Å². The third-order valence-corrected chi connectivity index (χ3v) is 3.75. The lowest BCUT2D eigenvalue weighted by atomic mass is 9.86. The molecule has 1 aliphatic rings. The average molecular weight is 278 g/mol. The Balaban J connectivity index is 1.66. The molecule has 0 saturated heterocycles. The van der Waals surface area contributed by atoms with Crippen LogP contribution in [0.15, 0.2) is 22.6 Å². The number of nitrogens with zero attached hydrogens (tertiary/aromatic N) is 1. The summed E-state index contributed by atoms with van der Waals surface area (Å²) in [4.78, 5) is 15.1. The van der Waals surface area contributed by atoms with E-state index >= 15 is 0 Å². The molecule has 1 heterocycles. The summed E-state index contributed by atoms with van der Waals surface area (Å²) < 4.78 is 18.6. The molecule has 20 heavy (non-hydrogen) atoms. The molecule has 0 spiro atoms. The van der Waals surface area contributed by atoms with Gasteiger partial charge in [0.25, 0.3) is 6.01 Å². The summed E-state index contributed by atoms with van der Waals surface area (Å²) in [5.41, 5.74) is 1.01. The summed E-state index contributed by atoms with van der Waals surface area (Å²) in [7, 11) is 0. The van der Waals surface area contributed by atoms with E-state index in [0.717, 1.165) is 12.8 Å². The van der Waals surface area contributed by atoms with E-state index in [1.807, 2.05) is 0 Å². The number of anilines is 1. The Kier molecular flexibility index (Phi) is 3.30. The minimum Gasteiger partial charge on any atom is -0.481 e. The van der Waals surface area contributed by atoms with Gasteiger partial charge < -0.3 is 14.8 Å². The molecule has 1 aromatic heterocycles. The van der Waals surface area contributed by atoms with E-state index in [0.29, 0.717) is 30.0 Å². The van der Waals surface area contributed by atoms with Gasteiger partial charge in [-0.1, -0.05) is 0 Å². The van der Waals surface area contributed by atoms with Crippen LogP contribution in [0, 0.1) is 11.7 Å². The fraction of sp³-hybridized carbons (Fsp3) is 0.429. The lowest BCUT2D eigenvalue weighted by molar-refractivity contribution is -0.142. The third kappa shape index (κ3) is 2.59. The van der Waals surface area contributed by atoms with Crippen LogP contribution in [0.4, 0.5) is 10.4 Å². The predicted molar refractivity (Wildman–Crippen MR) is 71.0 cm³/mol. The molecule has 1 aliphatic carbocycles. The topological polar surface area (TPSA) is 75.4 Å². The summed E-state index contributed by atoms with van der Waals surface area (Å²) >= 11 is 0. The van der Waals surface area contributed by atoms with Crippen LogP contribution in [0.1, 0.15) is 25.7 Å². The van der Waals surface area contributed by atoms with Crippen LogP contribution < -0.4 is 5.32 Å². The highest BCUT2D eigenvalue weighted by Gasteiger charge is 2.26. The maximum absolute atomic E-state index is 13.1. The monoisotopic (exact) mass is 278 g/mol. The number of fused-ring (bicyclic) bond motifs is 1. The normalized spacial score (nSPS) is 22.9. The van der Waals surface area contributed by atoms with Crippen LogP contribution in [-0.2, 0) is 4.79 Å². The van der Waals surface area contributed by atoms with Crippen LogP contribution in [0.3, 0.4) is 0 Å². The number of carbonyl (C=O) groups is 1. The van der Waals surface area contributed by atoms with Crippen LogP contribution in [0.25, 0.3) is 11.1 Å². The Labute approximate surface area is 114 Å². The van der Waals surface area contributed by atoms with Crippen molar-refractivity contribution in [3.05, 3.63) is 24.0 Å². The number of carboxylic acids is 1. The molecule has 0 amide bonds. The van der Waals surface area contributed by atoms with Gasteiger partial charge in [0, 0.05) is 12.1 Å². The summed E-state index contributed by atoms with van der Waals surface area (Å²) in [5.74, 6) is -1.31. The molecule has 6 heteroatoms. The number of rotatable bonds is 3. The molecular formula is C14H15FN2O3. The lowest BCUT2D eigenvalue weighted by Crippen LogP contribution is -2.29. The van der Waals surface area contributed by atoms with Crippen molar-refractivity contribution in [2.75, 3.05) is 5.32 Å². The zero-order valence-corrected chi connectivity index (χ0v) is 10.8. The Bertz CT molecular complexity index is 632. The third-order valence-electron chi connectivity index (χ3n) is 3.75. The number of aliphatic carboxylic acids is 1. The maximum atomic E-state index is 13.1. The average Bonchev–Trinajstić information content (AvgIpc) is 2.80. The van der Waals surface area contributed by atoms with E-state index < -0.39 is 5.97 Å². The zero-order valence-electron chi connectivity index (χ0n) is 10.8. The number of halogens is 1. The first-order valence-electron chi connectivity index (χ1n) is 6.67. The summed E-state index contributed by atoms with van der Waals surface area (Å²) in [6.07, 6.45) is 2.85. The first-order valence-corrected chi connectivity index (χ1v) is 6.67. The minimum atomic E-state index is -0.721. The Morgan fingerprint density at radius 3 is 2.80 bits per heavy atom. The first kappa shape index (κ1) is 12.9. The molecule has 0 unspecified atom stereocenters. The molecule has 1 aromatic carbocycles. The second-order valence-corrected chi connectivity index (χ2v) is 5.16. The van der Waals surface area contributed by atoms with Crippen molar-refractivity contribution in [3.8, 4) is 0 Å². The molecule has 106 valence electrons. The zero-order chi connectivity index (χ0) is 14.1. The number of carboxylic acid groups (broad SMARTS) is 1. The molecule has 2 N–H and O–H groups in total. The van der Waals surface area contributed by atoms with Gasteiger partial charge in [0.2, 0.25) is 0 Å². The van der Waals surface area contributed by atoms with E-state index in [-0.39, 0.29) is 17.8 Å². The number of benzene rings is 1. The highest BCUT2D eigenvalue weighted by molar-refractivity contribution is 5.74. The maximum Gasteiger partial charge on any atom is 0.306 e. The molecule has 3 rings (SSSR count). The smallest absolute Gasteiger partial charge is 0.306 e. The molecule has 0 bridgehead atoms. The van der Waals surface area contributed by atoms with Gasteiger partial charge in [0.15, 0.2) is 5.58 Å². The number of hydrogen-bond acceptors (Lipinski definition) is 4. The summed E-state index contributed by atoms with van der Waals surface area (Å²) in [6.45, 7) is 0. The summed E-state index contributed by atoms with van der Waals surface area (Å²) in [6, 6.07) is 4.72. The second-order valence-electron chi connectivity index (χ2n) is 5.16. The van der Waals surface area contributed by atoms with Crippen LogP contribution in [0.2, 0.25) is 0 Å². The van der Waals surface area contributed by atoms with E-state index in [1.165, 1.54) is 12.1 Å². The van der Waals surface area contributed by atoms with Gasteiger partial charge in [-0.15, -0.1) is 0 Å². The summed E-state index contributed by atoms with van der Waals surface area (Å²) in [5, 5.41) is 12.1. The molecule has 5 nitrogen and oxygen atoms in total. The molecule has 0 radical (unpaired) electrons. The van der Waals surface area contributed by atoms with Gasteiger partial charge in [0.05, 0.1) is 5.92 Å². The van der Waals surface area contributed by atoms with E-state index in [1.54, 1.807) is 6.07 Å². The predicted octanol–water partition coefficient (Wildman–Crippen LogP) is 3.02. The fourth-order valence-corrected chi connectivity index (χ4v) is 2.62. The van der Waals surface area contributed by atoms with Gasteiger partial charge in [-0.05, 0) is 37.8 Å². The van der Waals surface area contributed by atoms with E-state index in [4.69, 9.17) is 9.52 Å². The fourth-order valence-electron chi connectivity index (χ4n) is 2.62. The quantitative estimate of drug-likeness (QED) is 0.902.